The van der Waals surface area contributed by atoms with Gasteiger partial charge in [-0.15, -0.1) is 0 Å². The molecule has 0 aromatic rings. The first-order valence-corrected chi connectivity index (χ1v) is 9.97. The number of carboxylic acids is 1. The largest absolute Gasteiger partial charge is 0.480 e. The molecule has 160 valence electrons. The molecule has 0 spiro atoms. The lowest BCUT2D eigenvalue weighted by Crippen LogP contribution is -2.44. The number of carboxylic acid groups (broad SMARTS) is 1. The molecule has 0 unspecified atom stereocenters. The van der Waals surface area contributed by atoms with Crippen LogP contribution < -0.4 is 0 Å². The van der Waals surface area contributed by atoms with Gasteiger partial charge in [-0.25, -0.2) is 14.4 Å². The maximum Gasteiger partial charge on any atom is 0.411 e. The second-order valence-electron chi connectivity index (χ2n) is 9.79. The van der Waals surface area contributed by atoms with Crippen molar-refractivity contribution < 1.29 is 29.0 Å². The third-order valence-corrected chi connectivity index (χ3v) is 5.10. The molecule has 0 aromatic carbocycles. The minimum Gasteiger partial charge on any atom is -0.480 e. The third-order valence-electron chi connectivity index (χ3n) is 5.10. The molecule has 2 heterocycles. The van der Waals surface area contributed by atoms with Crippen LogP contribution in [0.3, 0.4) is 0 Å². The van der Waals surface area contributed by atoms with E-state index in [4.69, 9.17) is 9.47 Å². The summed E-state index contributed by atoms with van der Waals surface area (Å²) < 4.78 is 10.8. The number of carbonyl (C=O) groups is 3. The standard InChI is InChI=1S/C20H34N2O6/c1-19(2,3)27-17(25)21-9-7-13(8-10-21)14-11-15(16(23)24)22(12-14)18(26)28-20(4,5)6/h13-15H,7-12H2,1-6H3,(H,23,24)/t14-,15-/m0/s1. The van der Waals surface area contributed by atoms with Crippen LogP contribution >= 0.6 is 0 Å². The fourth-order valence-electron chi connectivity index (χ4n) is 3.85. The van der Waals surface area contributed by atoms with Gasteiger partial charge in [-0.2, -0.15) is 0 Å². The first-order chi connectivity index (χ1) is 12.8. The van der Waals surface area contributed by atoms with Gasteiger partial charge in [0.25, 0.3) is 0 Å². The molecule has 2 amide bonds. The zero-order chi connectivity index (χ0) is 21.3. The lowest BCUT2D eigenvalue weighted by Gasteiger charge is -2.35. The Bertz CT molecular complexity index is 599. The highest BCUT2D eigenvalue weighted by Gasteiger charge is 2.44. The maximum absolute atomic E-state index is 12.4. The second kappa shape index (κ2) is 8.17. The SMILES string of the molecule is CC(C)(C)OC(=O)N1CCC([C@H]2C[C@@H](C(=O)O)N(C(=O)OC(C)(C)C)C2)CC1. The number of piperidine rings is 1. The van der Waals surface area contributed by atoms with E-state index < -0.39 is 29.3 Å². The number of amides is 2. The van der Waals surface area contributed by atoms with E-state index in [1.165, 1.54) is 4.90 Å². The lowest BCUT2D eigenvalue weighted by atomic mass is 9.83. The zero-order valence-corrected chi connectivity index (χ0v) is 17.9. The van der Waals surface area contributed by atoms with Crippen molar-refractivity contribution in [3.63, 3.8) is 0 Å². The van der Waals surface area contributed by atoms with Crippen molar-refractivity contribution in [1.82, 2.24) is 9.80 Å². The van der Waals surface area contributed by atoms with Gasteiger partial charge in [0, 0.05) is 19.6 Å². The average molecular weight is 399 g/mol. The average Bonchev–Trinajstić information content (AvgIpc) is 2.97. The van der Waals surface area contributed by atoms with Gasteiger partial charge >= 0.3 is 18.2 Å². The van der Waals surface area contributed by atoms with Crippen molar-refractivity contribution >= 4 is 18.2 Å². The molecule has 0 aromatic heterocycles. The van der Waals surface area contributed by atoms with E-state index in [1.807, 2.05) is 20.8 Å². The molecule has 2 fully saturated rings. The normalized spacial score (nSPS) is 24.2. The summed E-state index contributed by atoms with van der Waals surface area (Å²) in [4.78, 5) is 39.4. The molecule has 28 heavy (non-hydrogen) atoms. The molecular formula is C20H34N2O6. The van der Waals surface area contributed by atoms with Gasteiger partial charge in [-0.1, -0.05) is 0 Å². The molecular weight excluding hydrogens is 364 g/mol. The first kappa shape index (κ1) is 22.3. The number of rotatable bonds is 2. The molecule has 0 aliphatic carbocycles. The topological polar surface area (TPSA) is 96.4 Å². The minimum atomic E-state index is -1.00. The predicted octanol–water partition coefficient (Wildman–Crippen LogP) is 3.34. The highest BCUT2D eigenvalue weighted by molar-refractivity contribution is 5.81. The molecule has 2 atom stereocenters. The van der Waals surface area contributed by atoms with E-state index in [1.54, 1.807) is 25.7 Å². The summed E-state index contributed by atoms with van der Waals surface area (Å²) in [5.41, 5.74) is -1.20. The highest BCUT2D eigenvalue weighted by Crippen LogP contribution is 2.36. The van der Waals surface area contributed by atoms with E-state index in [2.05, 4.69) is 0 Å². The van der Waals surface area contributed by atoms with E-state index in [0.717, 1.165) is 12.8 Å². The summed E-state index contributed by atoms with van der Waals surface area (Å²) in [5, 5.41) is 9.55. The van der Waals surface area contributed by atoms with Crippen LogP contribution in [0.4, 0.5) is 9.59 Å². The van der Waals surface area contributed by atoms with Gasteiger partial charge in [0.05, 0.1) is 0 Å². The third kappa shape index (κ3) is 6.01. The lowest BCUT2D eigenvalue weighted by molar-refractivity contribution is -0.142. The summed E-state index contributed by atoms with van der Waals surface area (Å²) in [6, 6.07) is -0.858. The Morgan fingerprint density at radius 1 is 0.857 bits per heavy atom. The highest BCUT2D eigenvalue weighted by atomic mass is 16.6. The van der Waals surface area contributed by atoms with Gasteiger partial charge in [-0.05, 0) is 72.6 Å². The number of likely N-dealkylation sites (tertiary alicyclic amines) is 2. The summed E-state index contributed by atoms with van der Waals surface area (Å²) in [6.45, 7) is 12.4. The number of aliphatic carboxylic acids is 1. The molecule has 2 rings (SSSR count). The van der Waals surface area contributed by atoms with Crippen molar-refractivity contribution in [3.8, 4) is 0 Å². The second-order valence-corrected chi connectivity index (χ2v) is 9.79. The van der Waals surface area contributed by atoms with Crippen LogP contribution in [0.1, 0.15) is 60.8 Å². The van der Waals surface area contributed by atoms with E-state index >= 15 is 0 Å². The number of hydrogen-bond acceptors (Lipinski definition) is 5. The molecule has 2 saturated heterocycles. The quantitative estimate of drug-likeness (QED) is 0.766. The Balaban J connectivity index is 1.95. The summed E-state index contributed by atoms with van der Waals surface area (Å²) in [5.74, 6) is -0.637. The number of nitrogens with zero attached hydrogens (tertiary/aromatic N) is 2. The van der Waals surface area contributed by atoms with Crippen LogP contribution in [0.25, 0.3) is 0 Å². The zero-order valence-electron chi connectivity index (χ0n) is 17.9. The first-order valence-electron chi connectivity index (χ1n) is 9.97. The fourth-order valence-corrected chi connectivity index (χ4v) is 3.85. The van der Waals surface area contributed by atoms with E-state index in [9.17, 15) is 19.5 Å². The smallest absolute Gasteiger partial charge is 0.411 e. The van der Waals surface area contributed by atoms with Crippen LogP contribution in [0.5, 0.6) is 0 Å². The maximum atomic E-state index is 12.4. The molecule has 8 heteroatoms. The molecule has 8 nitrogen and oxygen atoms in total. The van der Waals surface area contributed by atoms with Gasteiger partial charge in [0.2, 0.25) is 0 Å². The predicted molar refractivity (Wildman–Crippen MR) is 103 cm³/mol. The fraction of sp³-hybridized carbons (Fsp3) is 0.850. The van der Waals surface area contributed by atoms with Crippen LogP contribution in [0.15, 0.2) is 0 Å². The molecule has 2 aliphatic rings. The Morgan fingerprint density at radius 3 is 1.82 bits per heavy atom. The van der Waals surface area contributed by atoms with Crippen LogP contribution in [0.2, 0.25) is 0 Å². The van der Waals surface area contributed by atoms with Gasteiger partial charge in [0.1, 0.15) is 17.2 Å². The van der Waals surface area contributed by atoms with Crippen molar-refractivity contribution in [2.24, 2.45) is 11.8 Å². The Labute approximate surface area is 167 Å². The minimum absolute atomic E-state index is 0.0920. The molecule has 0 radical (unpaired) electrons. The van der Waals surface area contributed by atoms with Crippen molar-refractivity contribution in [1.29, 1.82) is 0 Å². The number of carbonyl (C=O) groups excluding carboxylic acids is 2. The molecule has 2 aliphatic heterocycles. The summed E-state index contributed by atoms with van der Waals surface area (Å²) in [7, 11) is 0. The number of ether oxygens (including phenoxy) is 2. The van der Waals surface area contributed by atoms with Crippen LogP contribution in [-0.2, 0) is 14.3 Å². The Hall–Kier alpha value is -1.99. The summed E-state index contributed by atoms with van der Waals surface area (Å²) in [6.07, 6.45) is 1.09. The van der Waals surface area contributed by atoms with Gasteiger partial charge < -0.3 is 19.5 Å². The van der Waals surface area contributed by atoms with E-state index in [-0.39, 0.29) is 17.9 Å². The van der Waals surface area contributed by atoms with Crippen molar-refractivity contribution in [3.05, 3.63) is 0 Å². The molecule has 0 saturated carbocycles. The Kier molecular flexibility index (Phi) is 6.51. The molecule has 1 N–H and O–H groups in total. The van der Waals surface area contributed by atoms with Crippen LogP contribution in [-0.4, -0.2) is 69.9 Å². The van der Waals surface area contributed by atoms with Crippen LogP contribution in [0, 0.1) is 11.8 Å². The van der Waals surface area contributed by atoms with Crippen molar-refractivity contribution in [2.45, 2.75) is 78.0 Å². The molecule has 0 bridgehead atoms. The number of hydrogen-bond donors (Lipinski definition) is 1. The van der Waals surface area contributed by atoms with Gasteiger partial charge in [-0.3, -0.25) is 4.90 Å². The van der Waals surface area contributed by atoms with E-state index in [0.29, 0.717) is 26.1 Å². The van der Waals surface area contributed by atoms with Gasteiger partial charge in [0.15, 0.2) is 0 Å². The summed E-state index contributed by atoms with van der Waals surface area (Å²) >= 11 is 0. The van der Waals surface area contributed by atoms with Crippen molar-refractivity contribution in [2.75, 3.05) is 19.6 Å². The monoisotopic (exact) mass is 398 g/mol. The Morgan fingerprint density at radius 2 is 1.36 bits per heavy atom.